The molecule has 0 aromatic carbocycles. The van der Waals surface area contributed by atoms with Crippen LogP contribution >= 0.6 is 0 Å². The van der Waals surface area contributed by atoms with Gasteiger partial charge in [-0.1, -0.05) is 19.8 Å². The number of aryl methyl sites for hydroxylation is 3. The minimum atomic E-state index is -0.0678. The average Bonchev–Trinajstić information content (AvgIpc) is 2.83. The molecule has 0 aliphatic heterocycles. The zero-order chi connectivity index (χ0) is 18.1. The van der Waals surface area contributed by atoms with Crippen LogP contribution in [0.5, 0.6) is 0 Å². The van der Waals surface area contributed by atoms with E-state index in [0.29, 0.717) is 35.8 Å². The Hall–Kier alpha value is -2.11. The topological polar surface area (TPSA) is 79.8 Å². The smallest absolute Gasteiger partial charge is 0.276 e. The van der Waals surface area contributed by atoms with Gasteiger partial charge in [-0.2, -0.15) is 0 Å². The van der Waals surface area contributed by atoms with E-state index in [1.54, 1.807) is 7.05 Å². The van der Waals surface area contributed by atoms with E-state index in [1.165, 1.54) is 23.9 Å². The highest BCUT2D eigenvalue weighted by Gasteiger charge is 2.23. The fourth-order valence-electron chi connectivity index (χ4n) is 4.03. The summed E-state index contributed by atoms with van der Waals surface area (Å²) in [5, 5.41) is 6.80. The fraction of sp³-hybridized carbons (Fsp3) is 0.632. The highest BCUT2D eigenvalue weighted by molar-refractivity contribution is 5.80. The maximum Gasteiger partial charge on any atom is 0.276 e. The van der Waals surface area contributed by atoms with Gasteiger partial charge >= 0.3 is 0 Å². The van der Waals surface area contributed by atoms with Gasteiger partial charge in [-0.15, -0.1) is 0 Å². The molecule has 2 heterocycles. The van der Waals surface area contributed by atoms with Crippen LogP contribution in [0.2, 0.25) is 0 Å². The van der Waals surface area contributed by atoms with Crippen molar-refractivity contribution in [3.63, 3.8) is 0 Å². The maximum absolute atomic E-state index is 12.4. The van der Waals surface area contributed by atoms with E-state index in [4.69, 9.17) is 0 Å². The van der Waals surface area contributed by atoms with Gasteiger partial charge in [-0.3, -0.25) is 19.4 Å². The number of aromatic nitrogens is 3. The van der Waals surface area contributed by atoms with Gasteiger partial charge in [-0.05, 0) is 50.2 Å². The SMILES string of the molecule is Cc1nc2[nH]n(C)c(=O)c2c(C)c1CCC(=O)N[C@H]1CCCC[C@@H]1C. The average molecular weight is 344 g/mol. The summed E-state index contributed by atoms with van der Waals surface area (Å²) in [6.45, 7) is 6.11. The van der Waals surface area contributed by atoms with E-state index in [-0.39, 0.29) is 11.5 Å². The van der Waals surface area contributed by atoms with Crippen LogP contribution in [0.25, 0.3) is 11.0 Å². The standard InChI is InChI=1S/C19H28N4O2/c1-11-7-5-6-8-15(11)21-16(24)10-9-14-12(2)17-18(20-13(14)3)22-23(4)19(17)25/h11,15H,5-10H2,1-4H3,(H,20,22)(H,21,24)/t11-,15-/m0/s1. The predicted octanol–water partition coefficient (Wildman–Crippen LogP) is 2.51. The first kappa shape index (κ1) is 17.7. The summed E-state index contributed by atoms with van der Waals surface area (Å²) in [7, 11) is 1.69. The molecule has 1 fully saturated rings. The minimum absolute atomic E-state index is 0.0678. The van der Waals surface area contributed by atoms with E-state index in [9.17, 15) is 9.59 Å². The van der Waals surface area contributed by atoms with Crippen LogP contribution in [0, 0.1) is 19.8 Å². The second kappa shape index (κ2) is 7.02. The molecule has 1 saturated carbocycles. The normalized spacial score (nSPS) is 20.8. The first-order valence-corrected chi connectivity index (χ1v) is 9.22. The molecule has 1 aliphatic rings. The number of carbonyl (C=O) groups excluding carboxylic acids is 1. The molecule has 0 saturated heterocycles. The van der Waals surface area contributed by atoms with Crippen molar-refractivity contribution in [2.24, 2.45) is 13.0 Å². The third-order valence-electron chi connectivity index (χ3n) is 5.63. The van der Waals surface area contributed by atoms with Gasteiger partial charge in [0.1, 0.15) is 0 Å². The number of pyridine rings is 1. The zero-order valence-corrected chi connectivity index (χ0v) is 15.6. The van der Waals surface area contributed by atoms with Crippen LogP contribution in [-0.2, 0) is 18.3 Å². The summed E-state index contributed by atoms with van der Waals surface area (Å²) in [4.78, 5) is 29.2. The lowest BCUT2D eigenvalue weighted by molar-refractivity contribution is -0.122. The Bertz CT molecular complexity index is 849. The molecule has 6 nitrogen and oxygen atoms in total. The fourth-order valence-corrected chi connectivity index (χ4v) is 4.03. The number of hydrogen-bond donors (Lipinski definition) is 2. The van der Waals surface area contributed by atoms with Crippen molar-refractivity contribution in [1.82, 2.24) is 20.1 Å². The third-order valence-corrected chi connectivity index (χ3v) is 5.63. The third kappa shape index (κ3) is 3.48. The second-order valence-electron chi connectivity index (χ2n) is 7.44. The van der Waals surface area contributed by atoms with E-state index in [2.05, 4.69) is 22.3 Å². The quantitative estimate of drug-likeness (QED) is 0.894. The number of carbonyl (C=O) groups is 1. The monoisotopic (exact) mass is 344 g/mol. The number of rotatable bonds is 4. The summed E-state index contributed by atoms with van der Waals surface area (Å²) in [5.41, 5.74) is 3.37. The van der Waals surface area contributed by atoms with Crippen molar-refractivity contribution < 1.29 is 4.79 Å². The van der Waals surface area contributed by atoms with Gasteiger partial charge in [0.05, 0.1) is 5.39 Å². The Morgan fingerprint density at radius 1 is 1.32 bits per heavy atom. The molecule has 25 heavy (non-hydrogen) atoms. The summed E-state index contributed by atoms with van der Waals surface area (Å²) in [5.74, 6) is 0.654. The van der Waals surface area contributed by atoms with Crippen molar-refractivity contribution >= 4 is 16.9 Å². The van der Waals surface area contributed by atoms with Gasteiger partial charge in [0, 0.05) is 25.2 Å². The second-order valence-corrected chi connectivity index (χ2v) is 7.44. The lowest BCUT2D eigenvalue weighted by Crippen LogP contribution is -2.41. The van der Waals surface area contributed by atoms with E-state index >= 15 is 0 Å². The molecule has 2 N–H and O–H groups in total. The maximum atomic E-state index is 12.4. The number of fused-ring (bicyclic) bond motifs is 1. The van der Waals surface area contributed by atoms with Crippen LogP contribution in [0.1, 0.15) is 55.8 Å². The Morgan fingerprint density at radius 2 is 2.04 bits per heavy atom. The summed E-state index contributed by atoms with van der Waals surface area (Å²) in [6, 6.07) is 0.306. The number of aromatic amines is 1. The number of nitrogens with zero attached hydrogens (tertiary/aromatic N) is 2. The number of nitrogens with one attached hydrogen (secondary N) is 2. The van der Waals surface area contributed by atoms with Crippen LogP contribution in [0.3, 0.4) is 0 Å². The summed E-state index contributed by atoms with van der Waals surface area (Å²) < 4.78 is 1.45. The Kier molecular flexibility index (Phi) is 4.97. The molecular weight excluding hydrogens is 316 g/mol. The van der Waals surface area contributed by atoms with Gasteiger partial charge < -0.3 is 5.32 Å². The Labute approximate surface area is 148 Å². The lowest BCUT2D eigenvalue weighted by atomic mass is 9.86. The van der Waals surface area contributed by atoms with Gasteiger partial charge in [0.15, 0.2) is 5.65 Å². The molecule has 6 heteroatoms. The van der Waals surface area contributed by atoms with Crippen LogP contribution in [0.15, 0.2) is 4.79 Å². The van der Waals surface area contributed by atoms with E-state index < -0.39 is 0 Å². The molecular formula is C19H28N4O2. The van der Waals surface area contributed by atoms with Crippen LogP contribution < -0.4 is 10.9 Å². The predicted molar refractivity (Wildman–Crippen MR) is 98.7 cm³/mol. The highest BCUT2D eigenvalue weighted by Crippen LogP contribution is 2.24. The molecule has 1 aliphatic carbocycles. The van der Waals surface area contributed by atoms with Crippen molar-refractivity contribution in [3.05, 3.63) is 27.2 Å². The van der Waals surface area contributed by atoms with E-state index in [0.717, 1.165) is 23.2 Å². The molecule has 2 aromatic rings. The molecule has 0 radical (unpaired) electrons. The van der Waals surface area contributed by atoms with Gasteiger partial charge in [0.25, 0.3) is 5.56 Å². The summed E-state index contributed by atoms with van der Waals surface area (Å²) >= 11 is 0. The summed E-state index contributed by atoms with van der Waals surface area (Å²) in [6.07, 6.45) is 5.79. The number of H-pyrrole nitrogens is 1. The van der Waals surface area contributed by atoms with E-state index in [1.807, 2.05) is 13.8 Å². The Balaban J connectivity index is 1.73. The highest BCUT2D eigenvalue weighted by atomic mass is 16.1. The molecule has 2 atom stereocenters. The van der Waals surface area contributed by atoms with Crippen molar-refractivity contribution in [2.75, 3.05) is 0 Å². The minimum Gasteiger partial charge on any atom is -0.353 e. The lowest BCUT2D eigenvalue weighted by Gasteiger charge is -2.29. The van der Waals surface area contributed by atoms with Crippen LogP contribution in [-0.4, -0.2) is 26.7 Å². The number of amides is 1. The largest absolute Gasteiger partial charge is 0.353 e. The first-order valence-electron chi connectivity index (χ1n) is 9.22. The van der Waals surface area contributed by atoms with Crippen LogP contribution in [0.4, 0.5) is 0 Å². The van der Waals surface area contributed by atoms with Gasteiger partial charge in [0.2, 0.25) is 5.91 Å². The van der Waals surface area contributed by atoms with Crippen molar-refractivity contribution in [2.45, 2.75) is 65.3 Å². The molecule has 0 bridgehead atoms. The Morgan fingerprint density at radius 3 is 2.76 bits per heavy atom. The van der Waals surface area contributed by atoms with Crippen molar-refractivity contribution in [1.29, 1.82) is 0 Å². The molecule has 136 valence electrons. The number of hydrogen-bond acceptors (Lipinski definition) is 3. The molecule has 3 rings (SSSR count). The van der Waals surface area contributed by atoms with Crippen molar-refractivity contribution in [3.8, 4) is 0 Å². The van der Waals surface area contributed by atoms with Gasteiger partial charge in [-0.25, -0.2) is 4.98 Å². The molecule has 2 aromatic heterocycles. The molecule has 0 spiro atoms. The molecule has 0 unspecified atom stereocenters. The first-order chi connectivity index (χ1) is 11.9. The molecule has 1 amide bonds. The zero-order valence-electron chi connectivity index (χ0n) is 15.6.